The van der Waals surface area contributed by atoms with Crippen molar-refractivity contribution < 1.29 is 0 Å². The Hall–Kier alpha value is -3.89. The third kappa shape index (κ3) is 6.70. The second-order valence-electron chi connectivity index (χ2n) is 9.86. The Morgan fingerprint density at radius 1 is 0.737 bits per heavy atom. The van der Waals surface area contributed by atoms with E-state index in [-0.39, 0.29) is 15.3 Å². The molecule has 2 nitrogen and oxygen atoms in total. The van der Waals surface area contributed by atoms with E-state index in [0.717, 1.165) is 11.9 Å². The van der Waals surface area contributed by atoms with Gasteiger partial charge in [-0.2, -0.15) is 0 Å². The van der Waals surface area contributed by atoms with Gasteiger partial charge in [-0.05, 0) is 41.0 Å². The van der Waals surface area contributed by atoms with E-state index in [1.807, 2.05) is 6.20 Å². The van der Waals surface area contributed by atoms with Gasteiger partial charge in [0.15, 0.2) is 0 Å². The number of imidazole rings is 1. The van der Waals surface area contributed by atoms with Crippen LogP contribution in [0, 0.1) is 0 Å². The largest absolute Gasteiger partial charge is 0.347 e. The maximum absolute atomic E-state index is 4.75. The summed E-state index contributed by atoms with van der Waals surface area (Å²) in [5.74, 6) is 0.473. The Labute approximate surface area is 230 Å². The van der Waals surface area contributed by atoms with Crippen molar-refractivity contribution in [3.63, 3.8) is 0 Å². The Morgan fingerprint density at radius 3 is 1.71 bits per heavy atom. The van der Waals surface area contributed by atoms with Crippen LogP contribution in [0.5, 0.6) is 0 Å². The van der Waals surface area contributed by atoms with E-state index in [1.54, 1.807) is 0 Å². The van der Waals surface area contributed by atoms with Crippen LogP contribution in [0.15, 0.2) is 145 Å². The summed E-state index contributed by atoms with van der Waals surface area (Å²) in [7, 11) is 1.97. The van der Waals surface area contributed by atoms with E-state index in [0.29, 0.717) is 5.92 Å². The standard InChI is InChI=1S/C34H34BN2Si/c1-27(24-32(28-14-6-2-7-15-28)29-16-8-3-9-17-29)25-38-26-37-23-22-36-34(37)35-33(30-18-10-4-11-19-30)31-20-12-5-13-21-31/h2-24,32-33H,25-26,38H2,1H3. The molecule has 1 aromatic heterocycles. The molecule has 1 heterocycles. The van der Waals surface area contributed by atoms with E-state index in [2.05, 4.69) is 152 Å². The van der Waals surface area contributed by atoms with Gasteiger partial charge in [0.25, 0.3) is 0 Å². The molecule has 5 rings (SSSR count). The zero-order chi connectivity index (χ0) is 26.0. The lowest BCUT2D eigenvalue weighted by Crippen LogP contribution is -2.32. The predicted octanol–water partition coefficient (Wildman–Crippen LogP) is 6.33. The molecule has 4 heteroatoms. The quantitative estimate of drug-likeness (QED) is 0.150. The number of aromatic nitrogens is 2. The van der Waals surface area contributed by atoms with Gasteiger partial charge in [0, 0.05) is 34.0 Å². The Morgan fingerprint density at radius 2 is 1.21 bits per heavy atom. The molecule has 0 unspecified atom stereocenters. The van der Waals surface area contributed by atoms with Crippen molar-refractivity contribution in [3.8, 4) is 0 Å². The molecular weight excluding hydrogens is 475 g/mol. The van der Waals surface area contributed by atoms with Crippen molar-refractivity contribution in [2.75, 3.05) is 0 Å². The van der Waals surface area contributed by atoms with Crippen molar-refractivity contribution in [1.29, 1.82) is 0 Å². The first kappa shape index (κ1) is 25.7. The fraction of sp³-hybridized carbons (Fsp3) is 0.147. The predicted molar refractivity (Wildman–Crippen MR) is 164 cm³/mol. The number of benzene rings is 4. The molecule has 0 aliphatic carbocycles. The highest BCUT2D eigenvalue weighted by Gasteiger charge is 2.19. The minimum absolute atomic E-state index is 0.180. The first-order valence-electron chi connectivity index (χ1n) is 13.5. The normalized spacial score (nSPS) is 12.0. The third-order valence-corrected chi connectivity index (χ3v) is 9.06. The van der Waals surface area contributed by atoms with Crippen LogP contribution in [0.2, 0.25) is 6.04 Å². The first-order valence-corrected chi connectivity index (χ1v) is 15.5. The van der Waals surface area contributed by atoms with Gasteiger partial charge in [0.05, 0.1) is 5.72 Å². The molecule has 0 bridgehead atoms. The van der Waals surface area contributed by atoms with Crippen LogP contribution in [0.25, 0.3) is 0 Å². The fourth-order valence-electron chi connectivity index (χ4n) is 5.13. The molecule has 0 saturated heterocycles. The average Bonchev–Trinajstić information content (AvgIpc) is 3.43. The highest BCUT2D eigenvalue weighted by Crippen LogP contribution is 2.28. The van der Waals surface area contributed by atoms with Crippen LogP contribution in [0.4, 0.5) is 0 Å². The lowest BCUT2D eigenvalue weighted by molar-refractivity contribution is 0.896. The Balaban J connectivity index is 1.28. The molecule has 0 fully saturated rings. The lowest BCUT2D eigenvalue weighted by Gasteiger charge is -2.18. The molecule has 0 aliphatic heterocycles. The summed E-state index contributed by atoms with van der Waals surface area (Å²) < 4.78 is 2.35. The molecule has 38 heavy (non-hydrogen) atoms. The maximum atomic E-state index is 4.75. The zero-order valence-corrected chi connectivity index (χ0v) is 23.4. The summed E-state index contributed by atoms with van der Waals surface area (Å²) in [5.41, 5.74) is 7.81. The van der Waals surface area contributed by atoms with Crippen molar-refractivity contribution in [2.45, 2.75) is 30.9 Å². The zero-order valence-electron chi connectivity index (χ0n) is 22.0. The van der Waals surface area contributed by atoms with Gasteiger partial charge in [-0.3, -0.25) is 4.98 Å². The van der Waals surface area contributed by atoms with Crippen molar-refractivity contribution >= 4 is 22.5 Å². The van der Waals surface area contributed by atoms with E-state index in [1.165, 1.54) is 33.9 Å². The van der Waals surface area contributed by atoms with Gasteiger partial charge in [0.1, 0.15) is 0 Å². The minimum atomic E-state index is -0.354. The average molecular weight is 510 g/mol. The summed E-state index contributed by atoms with van der Waals surface area (Å²) in [4.78, 5) is 4.75. The molecule has 0 amide bonds. The summed E-state index contributed by atoms with van der Waals surface area (Å²) in [6, 6.07) is 44.3. The van der Waals surface area contributed by atoms with Gasteiger partial charge in [-0.25, -0.2) is 0 Å². The Bertz CT molecular complexity index is 1340. The topological polar surface area (TPSA) is 17.8 Å². The smallest absolute Gasteiger partial charge is 0.215 e. The van der Waals surface area contributed by atoms with Gasteiger partial charge in [0.2, 0.25) is 7.28 Å². The van der Waals surface area contributed by atoms with Crippen LogP contribution in [0.1, 0.15) is 40.9 Å². The third-order valence-electron chi connectivity index (χ3n) is 7.12. The van der Waals surface area contributed by atoms with E-state index >= 15 is 0 Å². The number of hydrogen-bond acceptors (Lipinski definition) is 1. The molecule has 0 N–H and O–H groups in total. The van der Waals surface area contributed by atoms with E-state index in [4.69, 9.17) is 4.98 Å². The lowest BCUT2D eigenvalue weighted by atomic mass is 9.58. The van der Waals surface area contributed by atoms with Crippen molar-refractivity contribution in [3.05, 3.63) is 168 Å². The highest BCUT2D eigenvalue weighted by atomic mass is 28.2. The van der Waals surface area contributed by atoms with Gasteiger partial charge >= 0.3 is 0 Å². The highest BCUT2D eigenvalue weighted by molar-refractivity contribution is 6.54. The van der Waals surface area contributed by atoms with Crippen LogP contribution in [0.3, 0.4) is 0 Å². The van der Waals surface area contributed by atoms with Crippen molar-refractivity contribution in [2.24, 2.45) is 0 Å². The van der Waals surface area contributed by atoms with Crippen LogP contribution in [-0.2, 0) is 6.17 Å². The molecule has 0 aliphatic rings. The number of rotatable bonds is 11. The summed E-state index contributed by atoms with van der Waals surface area (Å²) in [6.45, 7) is 2.30. The molecule has 0 spiro atoms. The number of hydrogen-bond donors (Lipinski definition) is 0. The second-order valence-corrected chi connectivity index (χ2v) is 11.5. The van der Waals surface area contributed by atoms with E-state index < -0.39 is 0 Å². The van der Waals surface area contributed by atoms with Gasteiger partial charge in [-0.1, -0.05) is 133 Å². The summed E-state index contributed by atoms with van der Waals surface area (Å²) >= 11 is 0. The number of allylic oxidation sites excluding steroid dienone is 2. The Kier molecular flexibility index (Phi) is 8.86. The molecule has 4 aromatic carbocycles. The molecule has 187 valence electrons. The molecule has 1 radical (unpaired) electrons. The first-order chi connectivity index (χ1) is 18.8. The molecular formula is C34H34BN2Si. The monoisotopic (exact) mass is 509 g/mol. The number of nitrogens with zero attached hydrogens (tertiary/aromatic N) is 2. The SMILES string of the molecule is CC(=CC(c1ccccc1)c1ccccc1)C[SiH2]Cn1ccnc1[B]C(c1ccccc1)c1ccccc1. The molecule has 0 saturated carbocycles. The summed E-state index contributed by atoms with van der Waals surface area (Å²) in [6.07, 6.45) is 7.63. The van der Waals surface area contributed by atoms with Crippen LogP contribution >= 0.6 is 0 Å². The van der Waals surface area contributed by atoms with Crippen molar-refractivity contribution in [1.82, 2.24) is 9.55 Å². The maximum Gasteiger partial charge on any atom is 0.215 e. The van der Waals surface area contributed by atoms with Crippen LogP contribution < -0.4 is 5.72 Å². The van der Waals surface area contributed by atoms with Gasteiger partial charge < -0.3 is 4.57 Å². The minimum Gasteiger partial charge on any atom is -0.347 e. The summed E-state index contributed by atoms with van der Waals surface area (Å²) in [5, 5.41) is 0. The molecule has 0 atom stereocenters. The second kappa shape index (κ2) is 13.1. The van der Waals surface area contributed by atoms with E-state index in [9.17, 15) is 0 Å². The van der Waals surface area contributed by atoms with Crippen LogP contribution in [-0.4, -0.2) is 26.4 Å². The van der Waals surface area contributed by atoms with Gasteiger partial charge in [-0.15, -0.1) is 0 Å². The fourth-order valence-corrected chi connectivity index (χ4v) is 6.73. The molecule has 5 aromatic rings.